The van der Waals surface area contributed by atoms with Crippen molar-refractivity contribution in [2.24, 2.45) is 5.92 Å². The molecule has 1 aromatic carbocycles. The number of amides is 2. The van der Waals surface area contributed by atoms with Crippen molar-refractivity contribution < 1.29 is 14.3 Å². The number of hydrogen-bond acceptors (Lipinski definition) is 6. The normalized spacial score (nSPS) is 16.4. The van der Waals surface area contributed by atoms with E-state index in [-0.39, 0.29) is 24.2 Å². The molecule has 1 atom stereocenters. The van der Waals surface area contributed by atoms with E-state index in [0.29, 0.717) is 24.8 Å². The molecule has 0 radical (unpaired) electrons. The van der Waals surface area contributed by atoms with Crippen LogP contribution in [-0.4, -0.2) is 51.4 Å². The van der Waals surface area contributed by atoms with Crippen molar-refractivity contribution in [3.63, 3.8) is 0 Å². The zero-order valence-electron chi connectivity index (χ0n) is 17.4. The quantitative estimate of drug-likeness (QED) is 0.579. The number of nitrogens with zero attached hydrogens (tertiary/aromatic N) is 5. The first-order chi connectivity index (χ1) is 14.5. The zero-order chi connectivity index (χ0) is 21.3. The molecule has 1 unspecified atom stereocenters. The summed E-state index contributed by atoms with van der Waals surface area (Å²) in [6.45, 7) is 6.14. The predicted octanol–water partition coefficient (Wildman–Crippen LogP) is 2.92. The molecule has 1 aliphatic heterocycles. The lowest BCUT2D eigenvalue weighted by Crippen LogP contribution is -2.35. The maximum absolute atomic E-state index is 13.0. The van der Waals surface area contributed by atoms with E-state index in [0.717, 1.165) is 28.3 Å². The monoisotopic (exact) mass is 427 g/mol. The molecule has 1 saturated heterocycles. The van der Waals surface area contributed by atoms with Crippen LogP contribution in [0.4, 0.5) is 5.13 Å². The van der Waals surface area contributed by atoms with Crippen molar-refractivity contribution >= 4 is 38.5 Å². The summed E-state index contributed by atoms with van der Waals surface area (Å²) in [5.74, 6) is 1.13. The lowest BCUT2D eigenvalue weighted by Gasteiger charge is -2.21. The molecule has 3 heterocycles. The van der Waals surface area contributed by atoms with E-state index in [4.69, 9.17) is 4.74 Å². The molecule has 0 bridgehead atoms. The molecule has 0 N–H and O–H groups in total. The van der Waals surface area contributed by atoms with Crippen molar-refractivity contribution in [2.75, 3.05) is 25.1 Å². The molecule has 30 heavy (non-hydrogen) atoms. The third-order valence-corrected chi connectivity index (χ3v) is 6.30. The summed E-state index contributed by atoms with van der Waals surface area (Å²) in [6.07, 6.45) is 3.84. The van der Waals surface area contributed by atoms with Crippen LogP contribution in [-0.2, 0) is 22.7 Å². The van der Waals surface area contributed by atoms with Crippen LogP contribution in [0.3, 0.4) is 0 Å². The highest BCUT2D eigenvalue weighted by molar-refractivity contribution is 7.22. The van der Waals surface area contributed by atoms with Gasteiger partial charge < -0.3 is 14.2 Å². The topological polar surface area (TPSA) is 80.6 Å². The first kappa shape index (κ1) is 20.3. The number of aromatic nitrogens is 3. The predicted molar refractivity (Wildman–Crippen MR) is 116 cm³/mol. The van der Waals surface area contributed by atoms with Crippen LogP contribution >= 0.6 is 11.3 Å². The average molecular weight is 428 g/mol. The summed E-state index contributed by atoms with van der Waals surface area (Å²) < 4.78 is 8.51. The summed E-state index contributed by atoms with van der Waals surface area (Å²) in [4.78, 5) is 37.8. The molecule has 1 fully saturated rings. The van der Waals surface area contributed by atoms with Gasteiger partial charge in [-0.2, -0.15) is 0 Å². The van der Waals surface area contributed by atoms with E-state index in [9.17, 15) is 9.59 Å². The fourth-order valence-electron chi connectivity index (χ4n) is 3.70. The third-order valence-electron chi connectivity index (χ3n) is 5.26. The second-order valence-electron chi connectivity index (χ2n) is 7.29. The highest BCUT2D eigenvalue weighted by atomic mass is 32.1. The molecule has 0 saturated carbocycles. The van der Waals surface area contributed by atoms with Crippen LogP contribution in [0.25, 0.3) is 10.2 Å². The molecule has 2 aromatic heterocycles. The fraction of sp³-hybridized carbons (Fsp3) is 0.429. The number of imidazole rings is 1. The summed E-state index contributed by atoms with van der Waals surface area (Å²) >= 11 is 1.44. The standard InChI is InChI=1S/C21H25N5O3S/c1-4-25-9-8-22-18(25)13-24(3)20(28)14-10-19(27)26(12-14)21-23-16-7-6-15(29-5-2)11-17(16)30-21/h6-9,11,14H,4-5,10,12-13H2,1-3H3. The van der Waals surface area contributed by atoms with Gasteiger partial charge in [-0.05, 0) is 32.0 Å². The Morgan fingerprint density at radius 2 is 2.20 bits per heavy atom. The largest absolute Gasteiger partial charge is 0.494 e. The van der Waals surface area contributed by atoms with E-state index in [1.54, 1.807) is 23.0 Å². The van der Waals surface area contributed by atoms with Crippen LogP contribution < -0.4 is 9.64 Å². The van der Waals surface area contributed by atoms with Crippen LogP contribution in [0.15, 0.2) is 30.6 Å². The van der Waals surface area contributed by atoms with Gasteiger partial charge in [-0.1, -0.05) is 11.3 Å². The van der Waals surface area contributed by atoms with Crippen LogP contribution in [0.5, 0.6) is 5.75 Å². The van der Waals surface area contributed by atoms with Gasteiger partial charge in [-0.3, -0.25) is 14.5 Å². The lowest BCUT2D eigenvalue weighted by atomic mass is 10.1. The van der Waals surface area contributed by atoms with Crippen molar-refractivity contribution in [3.8, 4) is 5.75 Å². The molecule has 0 aliphatic carbocycles. The fourth-order valence-corrected chi connectivity index (χ4v) is 4.72. The lowest BCUT2D eigenvalue weighted by molar-refractivity contribution is -0.135. The molecule has 2 amide bonds. The van der Waals surface area contributed by atoms with E-state index < -0.39 is 0 Å². The number of aryl methyl sites for hydroxylation is 1. The van der Waals surface area contributed by atoms with Gasteiger partial charge in [0.05, 0.1) is 29.3 Å². The van der Waals surface area contributed by atoms with E-state index in [1.165, 1.54) is 11.3 Å². The van der Waals surface area contributed by atoms with Gasteiger partial charge in [0, 0.05) is 39.0 Å². The number of carbonyl (C=O) groups is 2. The molecular weight excluding hydrogens is 402 g/mol. The number of rotatable bonds is 7. The Bertz CT molecular complexity index is 1080. The first-order valence-corrected chi connectivity index (χ1v) is 10.9. The zero-order valence-corrected chi connectivity index (χ0v) is 18.2. The molecule has 0 spiro atoms. The number of thiazole rings is 1. The third kappa shape index (κ3) is 3.89. The van der Waals surface area contributed by atoms with Gasteiger partial charge >= 0.3 is 0 Å². The summed E-state index contributed by atoms with van der Waals surface area (Å²) in [5, 5.41) is 0.628. The van der Waals surface area contributed by atoms with Crippen LogP contribution in [0.2, 0.25) is 0 Å². The van der Waals surface area contributed by atoms with Crippen LogP contribution in [0, 0.1) is 5.92 Å². The summed E-state index contributed by atoms with van der Waals surface area (Å²) in [6, 6.07) is 5.71. The highest BCUT2D eigenvalue weighted by Gasteiger charge is 2.38. The second kappa shape index (κ2) is 8.43. The van der Waals surface area contributed by atoms with Crippen molar-refractivity contribution in [2.45, 2.75) is 33.4 Å². The summed E-state index contributed by atoms with van der Waals surface area (Å²) in [7, 11) is 1.76. The Morgan fingerprint density at radius 3 is 2.97 bits per heavy atom. The SMILES string of the molecule is CCOc1ccc2nc(N3CC(C(=O)N(C)Cc4nccn4CC)CC3=O)sc2c1. The van der Waals surface area contributed by atoms with Gasteiger partial charge in [0.25, 0.3) is 0 Å². The van der Waals surface area contributed by atoms with Gasteiger partial charge in [0.2, 0.25) is 11.8 Å². The minimum Gasteiger partial charge on any atom is -0.494 e. The van der Waals surface area contributed by atoms with E-state index >= 15 is 0 Å². The number of anilines is 1. The summed E-state index contributed by atoms with van der Waals surface area (Å²) in [5.41, 5.74) is 0.824. The maximum atomic E-state index is 13.0. The number of hydrogen-bond donors (Lipinski definition) is 0. The minimum absolute atomic E-state index is 0.0451. The molecule has 8 nitrogen and oxygen atoms in total. The number of ether oxygens (including phenoxy) is 1. The molecular formula is C21H25N5O3S. The molecule has 9 heteroatoms. The van der Waals surface area contributed by atoms with Crippen molar-refractivity contribution in [1.29, 1.82) is 0 Å². The molecule has 1 aliphatic rings. The Hall–Kier alpha value is -2.94. The van der Waals surface area contributed by atoms with Crippen molar-refractivity contribution in [1.82, 2.24) is 19.4 Å². The van der Waals surface area contributed by atoms with E-state index in [2.05, 4.69) is 9.97 Å². The Morgan fingerprint density at radius 1 is 1.37 bits per heavy atom. The van der Waals surface area contributed by atoms with Gasteiger partial charge in [-0.25, -0.2) is 9.97 Å². The number of benzene rings is 1. The Kier molecular flexibility index (Phi) is 5.72. The first-order valence-electron chi connectivity index (χ1n) is 10.1. The second-order valence-corrected chi connectivity index (χ2v) is 8.30. The average Bonchev–Trinajstić information content (AvgIpc) is 3.44. The number of fused-ring (bicyclic) bond motifs is 1. The molecule has 4 rings (SSSR count). The Balaban J connectivity index is 1.47. The van der Waals surface area contributed by atoms with Gasteiger partial charge in [0.1, 0.15) is 11.6 Å². The van der Waals surface area contributed by atoms with Crippen LogP contribution in [0.1, 0.15) is 26.1 Å². The van der Waals surface area contributed by atoms with E-state index in [1.807, 2.05) is 42.8 Å². The number of carbonyl (C=O) groups excluding carboxylic acids is 2. The maximum Gasteiger partial charge on any atom is 0.229 e. The molecule has 158 valence electrons. The minimum atomic E-state index is -0.376. The van der Waals surface area contributed by atoms with Gasteiger partial charge in [0.15, 0.2) is 5.13 Å². The highest BCUT2D eigenvalue weighted by Crippen LogP contribution is 2.34. The van der Waals surface area contributed by atoms with Gasteiger partial charge in [-0.15, -0.1) is 0 Å². The molecule has 3 aromatic rings. The Labute approximate surface area is 179 Å². The smallest absolute Gasteiger partial charge is 0.229 e. The van der Waals surface area contributed by atoms with Crippen molar-refractivity contribution in [3.05, 3.63) is 36.4 Å².